The molecule has 1 aliphatic heterocycles. The first-order chi connectivity index (χ1) is 12.8. The van der Waals surface area contributed by atoms with E-state index in [1.807, 2.05) is 0 Å². The quantitative estimate of drug-likeness (QED) is 0.662. The van der Waals surface area contributed by atoms with Gasteiger partial charge < -0.3 is 4.74 Å². The zero-order valence-electron chi connectivity index (χ0n) is 17.0. The van der Waals surface area contributed by atoms with Crippen molar-refractivity contribution in [2.24, 2.45) is 5.92 Å². The highest BCUT2D eigenvalue weighted by atomic mass is 28.3. The zero-order chi connectivity index (χ0) is 19.2. The van der Waals surface area contributed by atoms with Crippen LogP contribution < -0.4 is 9.92 Å². The number of benzene rings is 1. The number of aromatic nitrogens is 1. The molecule has 1 aromatic heterocycles. The van der Waals surface area contributed by atoms with E-state index in [4.69, 9.17) is 9.72 Å². The van der Waals surface area contributed by atoms with E-state index in [0.29, 0.717) is 11.8 Å². The van der Waals surface area contributed by atoms with Crippen LogP contribution in [-0.2, 0) is 6.42 Å². The summed E-state index contributed by atoms with van der Waals surface area (Å²) in [5, 5.41) is 1.48. The number of nitrogens with zero attached hydrogens (tertiary/aromatic N) is 1. The highest BCUT2D eigenvalue weighted by Crippen LogP contribution is 2.46. The molecule has 140 valence electrons. The summed E-state index contributed by atoms with van der Waals surface area (Å²) in [7, 11) is -1.43. The second-order valence-corrected chi connectivity index (χ2v) is 14.2. The van der Waals surface area contributed by atoms with Crippen LogP contribution >= 0.6 is 0 Å². The molecule has 27 heavy (non-hydrogen) atoms. The van der Waals surface area contributed by atoms with Crippen LogP contribution in [0.25, 0.3) is 11.3 Å². The summed E-state index contributed by atoms with van der Waals surface area (Å²) < 4.78 is 6.35. The first-order valence-corrected chi connectivity index (χ1v) is 13.5. The van der Waals surface area contributed by atoms with Crippen LogP contribution in [0.15, 0.2) is 54.8 Å². The Kier molecular flexibility index (Phi) is 4.59. The predicted octanol–water partition coefficient (Wildman–Crippen LogP) is 5.46. The average molecular weight is 376 g/mol. The molecule has 2 aliphatic rings. The fourth-order valence-corrected chi connectivity index (χ4v) is 5.78. The van der Waals surface area contributed by atoms with Crippen molar-refractivity contribution >= 4 is 13.3 Å². The number of allylic oxidation sites excluding steroid dienone is 2. The third-order valence-electron chi connectivity index (χ3n) is 5.44. The maximum atomic E-state index is 6.35. The molecule has 0 spiro atoms. The second kappa shape index (κ2) is 6.79. The largest absolute Gasteiger partial charge is 0.484 e. The maximum Gasteiger partial charge on any atom is 0.133 e. The molecule has 2 heterocycles. The van der Waals surface area contributed by atoms with Crippen molar-refractivity contribution in [3.63, 3.8) is 0 Å². The summed E-state index contributed by atoms with van der Waals surface area (Å²) in [5.74, 6) is 1.96. The Morgan fingerprint density at radius 1 is 1.11 bits per heavy atom. The molecule has 2 nitrogen and oxygen atoms in total. The van der Waals surface area contributed by atoms with E-state index < -0.39 is 8.07 Å². The maximum absolute atomic E-state index is 6.35. The Balaban J connectivity index is 1.81. The van der Waals surface area contributed by atoms with Gasteiger partial charge in [-0.3, -0.25) is 4.98 Å². The Morgan fingerprint density at radius 3 is 2.63 bits per heavy atom. The number of fused-ring (bicyclic) bond motifs is 3. The summed E-state index contributed by atoms with van der Waals surface area (Å²) >= 11 is 0. The Hall–Kier alpha value is -2.13. The molecule has 0 saturated carbocycles. The minimum Gasteiger partial charge on any atom is -0.484 e. The lowest BCUT2D eigenvalue weighted by Crippen LogP contribution is -2.40. The van der Waals surface area contributed by atoms with Gasteiger partial charge in [0.1, 0.15) is 11.9 Å². The molecule has 0 radical (unpaired) electrons. The first-order valence-electron chi connectivity index (χ1n) is 9.99. The van der Waals surface area contributed by atoms with Gasteiger partial charge in [-0.2, -0.15) is 0 Å². The number of hydrogen-bond donors (Lipinski definition) is 0. The first kappa shape index (κ1) is 18.2. The van der Waals surface area contributed by atoms with Crippen LogP contribution in [0.3, 0.4) is 0 Å². The molecule has 3 heteroatoms. The number of pyridine rings is 1. The monoisotopic (exact) mass is 375 g/mol. The van der Waals surface area contributed by atoms with Crippen molar-refractivity contribution in [1.82, 2.24) is 4.98 Å². The Morgan fingerprint density at radius 2 is 1.89 bits per heavy atom. The minimum atomic E-state index is -1.43. The van der Waals surface area contributed by atoms with E-state index in [9.17, 15) is 0 Å². The number of rotatable bonds is 4. The summed E-state index contributed by atoms with van der Waals surface area (Å²) in [6.07, 6.45) is 11.9. The van der Waals surface area contributed by atoms with E-state index in [1.54, 1.807) is 0 Å². The number of para-hydroxylation sites is 1. The van der Waals surface area contributed by atoms with E-state index in [2.05, 4.69) is 88.3 Å². The van der Waals surface area contributed by atoms with Gasteiger partial charge in [-0.25, -0.2) is 0 Å². The molecule has 4 rings (SSSR count). The third-order valence-corrected chi connectivity index (χ3v) is 7.51. The van der Waals surface area contributed by atoms with Crippen molar-refractivity contribution in [3.8, 4) is 17.0 Å². The van der Waals surface area contributed by atoms with E-state index >= 15 is 0 Å². The van der Waals surface area contributed by atoms with Crippen LogP contribution in [0, 0.1) is 5.92 Å². The fourth-order valence-electron chi connectivity index (χ4n) is 4.20. The van der Waals surface area contributed by atoms with Gasteiger partial charge in [0, 0.05) is 23.2 Å². The molecule has 2 unspecified atom stereocenters. The average Bonchev–Trinajstić information content (AvgIpc) is 2.99. The second-order valence-electron chi connectivity index (χ2n) is 9.18. The van der Waals surface area contributed by atoms with E-state index in [-0.39, 0.29) is 6.10 Å². The van der Waals surface area contributed by atoms with Gasteiger partial charge in [-0.15, -0.1) is 0 Å². The van der Waals surface area contributed by atoms with Gasteiger partial charge in [-0.1, -0.05) is 63.8 Å². The topological polar surface area (TPSA) is 22.1 Å². The summed E-state index contributed by atoms with van der Waals surface area (Å²) in [6.45, 7) is 11.8. The lowest BCUT2D eigenvalue weighted by Gasteiger charge is -2.22. The lowest BCUT2D eigenvalue weighted by atomic mass is 9.90. The minimum absolute atomic E-state index is 0.113. The molecular weight excluding hydrogens is 346 g/mol. The summed E-state index contributed by atoms with van der Waals surface area (Å²) in [4.78, 5) is 4.90. The molecule has 0 N–H and O–H groups in total. The van der Waals surface area contributed by atoms with E-state index in [1.165, 1.54) is 16.3 Å². The van der Waals surface area contributed by atoms with Crippen molar-refractivity contribution in [2.75, 3.05) is 0 Å². The van der Waals surface area contributed by atoms with Crippen LogP contribution in [0.5, 0.6) is 5.75 Å². The smallest absolute Gasteiger partial charge is 0.133 e. The van der Waals surface area contributed by atoms with Crippen LogP contribution in [-0.4, -0.2) is 19.2 Å². The van der Waals surface area contributed by atoms with E-state index in [0.717, 1.165) is 23.4 Å². The van der Waals surface area contributed by atoms with Gasteiger partial charge in [0.15, 0.2) is 0 Å². The molecule has 1 aliphatic carbocycles. The number of ether oxygens (including phenoxy) is 1. The Labute approximate surface area is 164 Å². The highest BCUT2D eigenvalue weighted by Gasteiger charge is 2.34. The summed E-state index contributed by atoms with van der Waals surface area (Å²) in [5.41, 5.74) is 4.90. The van der Waals surface area contributed by atoms with Crippen LogP contribution in [0.1, 0.15) is 30.9 Å². The highest BCUT2D eigenvalue weighted by molar-refractivity contribution is 6.89. The molecule has 2 aromatic rings. The fraction of sp³-hybridized carbons (Fsp3) is 0.375. The van der Waals surface area contributed by atoms with Crippen molar-refractivity contribution in [2.45, 2.75) is 51.9 Å². The molecule has 0 amide bonds. The lowest BCUT2D eigenvalue weighted by molar-refractivity contribution is 0.270. The van der Waals surface area contributed by atoms with Crippen molar-refractivity contribution in [1.29, 1.82) is 0 Å². The third kappa shape index (κ3) is 3.41. The SMILES string of the molecule is CC(C)Cc1cc(-c2cccc3c2OC2C=CC=CC32)ncc1[Si](C)(C)C. The molecule has 1 aromatic carbocycles. The van der Waals surface area contributed by atoms with Crippen LogP contribution in [0.2, 0.25) is 19.6 Å². The van der Waals surface area contributed by atoms with Gasteiger partial charge in [0.2, 0.25) is 0 Å². The van der Waals surface area contributed by atoms with Gasteiger partial charge >= 0.3 is 0 Å². The van der Waals surface area contributed by atoms with Gasteiger partial charge in [-0.05, 0) is 41.3 Å². The van der Waals surface area contributed by atoms with Crippen molar-refractivity contribution < 1.29 is 4.74 Å². The van der Waals surface area contributed by atoms with Crippen molar-refractivity contribution in [3.05, 3.63) is 65.9 Å². The standard InChI is InChI=1S/C24H29NOSi/c1-16(2)13-17-14-21(25-15-23(17)27(3,4)5)20-11-8-10-19-18-9-6-7-12-22(18)26-24(19)20/h6-12,14-16,18,22H,13H2,1-5H3. The predicted molar refractivity (Wildman–Crippen MR) is 117 cm³/mol. The zero-order valence-corrected chi connectivity index (χ0v) is 18.0. The number of hydrogen-bond acceptors (Lipinski definition) is 2. The Bertz CT molecular complexity index is 920. The molecule has 2 atom stereocenters. The molecule has 0 bridgehead atoms. The summed E-state index contributed by atoms with van der Waals surface area (Å²) in [6, 6.07) is 8.81. The molecule has 0 saturated heterocycles. The molecular formula is C24H29NOSi. The van der Waals surface area contributed by atoms with Crippen LogP contribution in [0.4, 0.5) is 0 Å². The molecule has 0 fully saturated rings. The van der Waals surface area contributed by atoms with Gasteiger partial charge in [0.05, 0.1) is 13.8 Å². The van der Waals surface area contributed by atoms with Gasteiger partial charge in [0.25, 0.3) is 0 Å². The normalized spacial score (nSPS) is 20.5.